The predicted molar refractivity (Wildman–Crippen MR) is 220 cm³/mol. The molecule has 0 aromatic rings. The van der Waals surface area contributed by atoms with Crippen LogP contribution in [0.1, 0.15) is 162 Å². The van der Waals surface area contributed by atoms with Crippen molar-refractivity contribution in [2.24, 2.45) is 5.73 Å². The van der Waals surface area contributed by atoms with Gasteiger partial charge >= 0.3 is 13.8 Å². The molecule has 1 rings (SSSR count). The Morgan fingerprint density at radius 2 is 1.31 bits per heavy atom. The standard InChI is InChI=1S/C43H78NO9P/c1-3-5-7-9-11-12-13-14-15-16-17-18-19-20-24-28-35-49-37-40(38-51-54(47,48)50-36-34-44)52-43(46)31-27-23-22-25-29-39(45)32-33-42-41(53-42)30-26-21-10-8-6-4-2/h14-15,21-22,25-26,32-33,39-42,45H,3-13,16-20,23-24,27-31,34-38,44H2,1-2H3,(H,47,48)/b15-14-,25-22+,26-21+,33-32-. The molecule has 5 unspecified atom stereocenters. The lowest BCUT2D eigenvalue weighted by molar-refractivity contribution is -0.154. The molecule has 54 heavy (non-hydrogen) atoms. The van der Waals surface area contributed by atoms with Crippen LogP contribution in [0.2, 0.25) is 0 Å². The molecule has 0 amide bonds. The van der Waals surface area contributed by atoms with Gasteiger partial charge < -0.3 is 29.9 Å². The van der Waals surface area contributed by atoms with E-state index < -0.39 is 26.0 Å². The van der Waals surface area contributed by atoms with Gasteiger partial charge in [0.15, 0.2) is 0 Å². The molecule has 1 fully saturated rings. The summed E-state index contributed by atoms with van der Waals surface area (Å²) in [5.41, 5.74) is 5.36. The third kappa shape index (κ3) is 32.6. The number of ether oxygens (including phenoxy) is 3. The van der Waals surface area contributed by atoms with Gasteiger partial charge in [-0.15, -0.1) is 0 Å². The number of phosphoric acid groups is 1. The highest BCUT2D eigenvalue weighted by Crippen LogP contribution is 2.43. The van der Waals surface area contributed by atoms with Gasteiger partial charge in [-0.1, -0.05) is 133 Å². The molecule has 1 saturated heterocycles. The topological polar surface area (TPSA) is 150 Å². The van der Waals surface area contributed by atoms with Gasteiger partial charge in [0.05, 0.1) is 32.0 Å². The first-order chi connectivity index (χ1) is 26.3. The van der Waals surface area contributed by atoms with Crippen molar-refractivity contribution < 1.29 is 42.6 Å². The van der Waals surface area contributed by atoms with Crippen LogP contribution in [0.5, 0.6) is 0 Å². The molecule has 0 aromatic carbocycles. The lowest BCUT2D eigenvalue weighted by Crippen LogP contribution is -2.28. The maximum atomic E-state index is 12.6. The van der Waals surface area contributed by atoms with E-state index in [2.05, 4.69) is 38.2 Å². The van der Waals surface area contributed by atoms with Crippen LogP contribution in [0.3, 0.4) is 0 Å². The zero-order valence-corrected chi connectivity index (χ0v) is 34.9. The summed E-state index contributed by atoms with van der Waals surface area (Å²) < 4.78 is 39.0. The fourth-order valence-electron chi connectivity index (χ4n) is 5.82. The monoisotopic (exact) mass is 784 g/mol. The number of carbonyl (C=O) groups is 1. The smallest absolute Gasteiger partial charge is 0.457 e. The lowest BCUT2D eigenvalue weighted by Gasteiger charge is -2.20. The number of allylic oxidation sites excluding steroid dienone is 4. The van der Waals surface area contributed by atoms with Crippen molar-refractivity contribution in [3.63, 3.8) is 0 Å². The number of nitrogens with two attached hydrogens (primary N) is 1. The Hall–Kier alpha value is -1.62. The van der Waals surface area contributed by atoms with E-state index in [0.29, 0.717) is 25.9 Å². The second-order valence-corrected chi connectivity index (χ2v) is 15.9. The Morgan fingerprint density at radius 3 is 2.00 bits per heavy atom. The van der Waals surface area contributed by atoms with Crippen molar-refractivity contribution in [2.45, 2.75) is 186 Å². The molecule has 314 valence electrons. The number of esters is 1. The molecule has 4 N–H and O–H groups in total. The Labute approximate surface area is 329 Å². The maximum Gasteiger partial charge on any atom is 0.472 e. The second-order valence-electron chi connectivity index (χ2n) is 14.4. The summed E-state index contributed by atoms with van der Waals surface area (Å²) in [5, 5.41) is 10.3. The van der Waals surface area contributed by atoms with Crippen molar-refractivity contribution in [1.29, 1.82) is 0 Å². The highest BCUT2D eigenvalue weighted by atomic mass is 31.2. The Morgan fingerprint density at radius 1 is 0.741 bits per heavy atom. The van der Waals surface area contributed by atoms with E-state index in [4.69, 9.17) is 29.0 Å². The average Bonchev–Trinajstić information content (AvgIpc) is 3.92. The summed E-state index contributed by atoms with van der Waals surface area (Å²) >= 11 is 0. The SMILES string of the molecule is CCCCC/C=C/CC1OC1/C=C\C(O)C/C=C/CCCC(=O)OC(COCCCCCCCC/C=C\CCCCCCCC)COP(=O)(O)OCCN. The number of unbranched alkanes of at least 4 members (excludes halogenated alkanes) is 16. The molecule has 11 heteroatoms. The molecule has 0 spiro atoms. The zero-order chi connectivity index (χ0) is 39.4. The minimum Gasteiger partial charge on any atom is -0.457 e. The quantitative estimate of drug-likeness (QED) is 0.0181. The van der Waals surface area contributed by atoms with Gasteiger partial charge in [-0.3, -0.25) is 13.8 Å². The molecule has 0 bridgehead atoms. The lowest BCUT2D eigenvalue weighted by atomic mass is 10.1. The van der Waals surface area contributed by atoms with E-state index in [1.165, 1.54) is 83.5 Å². The summed E-state index contributed by atoms with van der Waals surface area (Å²) in [4.78, 5) is 22.5. The van der Waals surface area contributed by atoms with Crippen LogP contribution in [0.15, 0.2) is 48.6 Å². The number of aliphatic hydroxyl groups excluding tert-OH is 1. The van der Waals surface area contributed by atoms with Crippen LogP contribution in [-0.4, -0.2) is 73.4 Å². The van der Waals surface area contributed by atoms with Crippen molar-refractivity contribution >= 4 is 13.8 Å². The third-order valence-electron chi connectivity index (χ3n) is 9.15. The number of carbonyl (C=O) groups excluding carboxylic acids is 1. The van der Waals surface area contributed by atoms with Crippen molar-refractivity contribution in [2.75, 3.05) is 33.0 Å². The summed E-state index contributed by atoms with van der Waals surface area (Å²) in [6.45, 7) is 4.64. The predicted octanol–water partition coefficient (Wildman–Crippen LogP) is 10.4. The summed E-state index contributed by atoms with van der Waals surface area (Å²) in [5.74, 6) is -0.439. The number of hydrogen-bond acceptors (Lipinski definition) is 9. The van der Waals surface area contributed by atoms with Gasteiger partial charge in [0.2, 0.25) is 0 Å². The molecule has 1 aliphatic rings. The van der Waals surface area contributed by atoms with Crippen molar-refractivity contribution in [3.05, 3.63) is 48.6 Å². The van der Waals surface area contributed by atoms with Crippen LogP contribution in [0, 0.1) is 0 Å². The van der Waals surface area contributed by atoms with Gasteiger partial charge in [0.25, 0.3) is 0 Å². The number of rotatable bonds is 39. The normalized spacial score (nSPS) is 18.3. The summed E-state index contributed by atoms with van der Waals surface area (Å²) in [6.07, 6.45) is 40.4. The minimum atomic E-state index is -4.32. The third-order valence-corrected chi connectivity index (χ3v) is 10.1. The number of hydrogen-bond donors (Lipinski definition) is 3. The number of phosphoric ester groups is 1. The van der Waals surface area contributed by atoms with E-state index >= 15 is 0 Å². The van der Waals surface area contributed by atoms with Crippen LogP contribution >= 0.6 is 7.82 Å². The molecular weight excluding hydrogens is 705 g/mol. The average molecular weight is 784 g/mol. The number of aliphatic hydroxyl groups is 1. The largest absolute Gasteiger partial charge is 0.472 e. The van der Waals surface area contributed by atoms with Crippen molar-refractivity contribution in [1.82, 2.24) is 0 Å². The van der Waals surface area contributed by atoms with Gasteiger partial charge in [-0.25, -0.2) is 4.57 Å². The fraction of sp³-hybridized carbons (Fsp3) is 0.791. The molecule has 0 aromatic heterocycles. The number of epoxide rings is 1. The summed E-state index contributed by atoms with van der Waals surface area (Å²) in [6, 6.07) is 0. The van der Waals surface area contributed by atoms with Gasteiger partial charge in [0.1, 0.15) is 12.2 Å². The zero-order valence-electron chi connectivity index (χ0n) is 34.0. The van der Waals surface area contributed by atoms with E-state index in [1.54, 1.807) is 6.08 Å². The van der Waals surface area contributed by atoms with Crippen LogP contribution in [0.25, 0.3) is 0 Å². The first-order valence-corrected chi connectivity index (χ1v) is 22.9. The Bertz CT molecular complexity index is 1050. The molecule has 1 aliphatic heterocycles. The highest BCUT2D eigenvalue weighted by molar-refractivity contribution is 7.47. The van der Waals surface area contributed by atoms with E-state index in [-0.39, 0.29) is 45.0 Å². The fourth-order valence-corrected chi connectivity index (χ4v) is 6.59. The molecule has 0 radical (unpaired) electrons. The molecule has 1 heterocycles. The Balaban J connectivity index is 2.22. The van der Waals surface area contributed by atoms with E-state index in [1.807, 2.05) is 18.2 Å². The molecule has 0 aliphatic carbocycles. The van der Waals surface area contributed by atoms with Crippen LogP contribution in [-0.2, 0) is 32.6 Å². The molecule has 5 atom stereocenters. The van der Waals surface area contributed by atoms with Crippen LogP contribution in [0.4, 0.5) is 0 Å². The molecule has 10 nitrogen and oxygen atoms in total. The summed E-state index contributed by atoms with van der Waals surface area (Å²) in [7, 11) is -4.32. The van der Waals surface area contributed by atoms with Crippen LogP contribution < -0.4 is 5.73 Å². The highest BCUT2D eigenvalue weighted by Gasteiger charge is 2.35. The van der Waals surface area contributed by atoms with Gasteiger partial charge in [0, 0.05) is 19.6 Å². The van der Waals surface area contributed by atoms with E-state index in [9.17, 15) is 19.4 Å². The first kappa shape index (κ1) is 50.4. The Kier molecular flexibility index (Phi) is 33.4. The molecule has 0 saturated carbocycles. The van der Waals surface area contributed by atoms with E-state index in [0.717, 1.165) is 38.5 Å². The van der Waals surface area contributed by atoms with Gasteiger partial charge in [-0.05, 0) is 70.6 Å². The maximum absolute atomic E-state index is 12.6. The van der Waals surface area contributed by atoms with Crippen molar-refractivity contribution in [3.8, 4) is 0 Å². The first-order valence-electron chi connectivity index (χ1n) is 21.4. The molecular formula is C43H78NO9P. The minimum absolute atomic E-state index is 0.0569. The van der Waals surface area contributed by atoms with Gasteiger partial charge in [-0.2, -0.15) is 0 Å². The second kappa shape index (κ2) is 35.8.